The highest BCUT2D eigenvalue weighted by Crippen LogP contribution is 2.47. The van der Waals surface area contributed by atoms with Crippen molar-refractivity contribution in [3.05, 3.63) is 52.2 Å². The van der Waals surface area contributed by atoms with Crippen LogP contribution in [0.5, 0.6) is 0 Å². The molecule has 1 N–H and O–H groups in total. The molecule has 0 unspecified atom stereocenters. The van der Waals surface area contributed by atoms with Crippen LogP contribution in [-0.2, 0) is 6.54 Å². The van der Waals surface area contributed by atoms with Crippen LogP contribution >= 0.6 is 11.3 Å². The van der Waals surface area contributed by atoms with Gasteiger partial charge in [-0.05, 0) is 67.2 Å². The van der Waals surface area contributed by atoms with Crippen LogP contribution in [0, 0.1) is 11.8 Å². The smallest absolute Gasteiger partial charge is 0.253 e. The number of thiophene rings is 1. The molecule has 1 heterocycles. The van der Waals surface area contributed by atoms with Crippen LogP contribution in [0.4, 0.5) is 5.69 Å². The minimum atomic E-state index is 0.165. The Morgan fingerprint density at radius 2 is 1.96 bits per heavy atom. The van der Waals surface area contributed by atoms with Gasteiger partial charge in [0.25, 0.3) is 5.91 Å². The highest BCUT2D eigenvalue weighted by atomic mass is 32.1. The molecule has 0 spiro atoms. The molecule has 2 fully saturated rings. The molecule has 0 saturated heterocycles. The lowest BCUT2D eigenvalue weighted by Crippen LogP contribution is -2.40. The first-order valence-corrected chi connectivity index (χ1v) is 9.74. The quantitative estimate of drug-likeness (QED) is 0.797. The first-order valence-electron chi connectivity index (χ1n) is 8.86. The fourth-order valence-electron chi connectivity index (χ4n) is 3.60. The summed E-state index contributed by atoms with van der Waals surface area (Å²) in [6.45, 7) is 0.803. The van der Waals surface area contributed by atoms with E-state index in [1.165, 1.54) is 30.6 Å². The minimum Gasteiger partial charge on any atom is -0.380 e. The van der Waals surface area contributed by atoms with Gasteiger partial charge in [0, 0.05) is 35.8 Å². The van der Waals surface area contributed by atoms with Crippen molar-refractivity contribution in [2.75, 3.05) is 12.4 Å². The topological polar surface area (TPSA) is 32.3 Å². The maximum atomic E-state index is 12.9. The number of hydrogen-bond acceptors (Lipinski definition) is 3. The van der Waals surface area contributed by atoms with E-state index in [1.54, 1.807) is 11.3 Å². The molecule has 0 radical (unpaired) electrons. The van der Waals surface area contributed by atoms with Gasteiger partial charge in [0.2, 0.25) is 0 Å². The number of hydrogen-bond donors (Lipinski definition) is 1. The Balaban J connectivity index is 1.44. The Labute approximate surface area is 147 Å². The minimum absolute atomic E-state index is 0.165. The Bertz CT molecular complexity index is 692. The summed E-state index contributed by atoms with van der Waals surface area (Å²) in [6, 6.07) is 12.6. The van der Waals surface area contributed by atoms with Crippen LogP contribution in [-0.4, -0.2) is 23.9 Å². The predicted octanol–water partition coefficient (Wildman–Crippen LogP) is 4.62. The number of nitrogens with one attached hydrogen (secondary N) is 1. The van der Waals surface area contributed by atoms with Crippen LogP contribution < -0.4 is 5.32 Å². The van der Waals surface area contributed by atoms with Crippen LogP contribution in [0.1, 0.15) is 40.9 Å². The molecule has 3 nitrogen and oxygen atoms in total. The van der Waals surface area contributed by atoms with E-state index in [1.807, 2.05) is 36.2 Å². The zero-order valence-corrected chi connectivity index (χ0v) is 14.9. The summed E-state index contributed by atoms with van der Waals surface area (Å²) in [4.78, 5) is 16.3. The number of anilines is 1. The Morgan fingerprint density at radius 1 is 1.21 bits per heavy atom. The summed E-state index contributed by atoms with van der Waals surface area (Å²) < 4.78 is 0. The molecule has 0 atom stereocenters. The van der Waals surface area contributed by atoms with Crippen LogP contribution in [0.2, 0.25) is 0 Å². The average Bonchev–Trinajstić information content (AvgIpc) is 3.54. The standard InChI is InChI=1S/C20H24N2OS/c1-22(19(14-7-8-14)15-9-10-15)20(23)16-4-2-5-17(12-16)21-13-18-6-3-11-24-18/h2-6,11-12,14-15,19,21H,7-10,13H2,1H3. The SMILES string of the molecule is CN(C(=O)c1cccc(NCc2cccs2)c1)C(C1CC1)C1CC1. The summed E-state index contributed by atoms with van der Waals surface area (Å²) >= 11 is 1.74. The van der Waals surface area contributed by atoms with E-state index in [0.29, 0.717) is 6.04 Å². The van der Waals surface area contributed by atoms with E-state index < -0.39 is 0 Å². The second kappa shape index (κ2) is 6.60. The highest BCUT2D eigenvalue weighted by Gasteiger charge is 2.45. The zero-order chi connectivity index (χ0) is 16.5. The van der Waals surface area contributed by atoms with Crippen molar-refractivity contribution < 1.29 is 4.79 Å². The molecular formula is C20H24N2OS. The zero-order valence-electron chi connectivity index (χ0n) is 14.1. The molecule has 4 rings (SSSR count). The lowest BCUT2D eigenvalue weighted by molar-refractivity contribution is 0.0690. The third kappa shape index (κ3) is 3.48. The maximum Gasteiger partial charge on any atom is 0.253 e. The summed E-state index contributed by atoms with van der Waals surface area (Å²) in [5.41, 5.74) is 1.80. The molecule has 2 aliphatic rings. The van der Waals surface area contributed by atoms with Crippen LogP contribution in [0.3, 0.4) is 0 Å². The summed E-state index contributed by atoms with van der Waals surface area (Å²) in [6.07, 6.45) is 5.17. The number of carbonyl (C=O) groups excluding carboxylic acids is 1. The third-order valence-corrected chi connectivity index (χ3v) is 6.01. The lowest BCUT2D eigenvalue weighted by atomic mass is 10.0. The fraction of sp³-hybridized carbons (Fsp3) is 0.450. The van der Waals surface area contributed by atoms with Crippen LogP contribution in [0.25, 0.3) is 0 Å². The molecule has 24 heavy (non-hydrogen) atoms. The van der Waals surface area contributed by atoms with Gasteiger partial charge in [0.1, 0.15) is 0 Å². The molecule has 0 aliphatic heterocycles. The molecule has 0 bridgehead atoms. The molecule has 2 saturated carbocycles. The predicted molar refractivity (Wildman–Crippen MR) is 99.4 cm³/mol. The van der Waals surface area contributed by atoms with E-state index in [2.05, 4.69) is 22.8 Å². The second-order valence-electron chi connectivity index (χ2n) is 7.10. The number of benzene rings is 1. The first kappa shape index (κ1) is 15.7. The van der Waals surface area contributed by atoms with Crippen molar-refractivity contribution >= 4 is 22.9 Å². The lowest BCUT2D eigenvalue weighted by Gasteiger charge is -2.28. The molecule has 1 amide bonds. The number of carbonyl (C=O) groups is 1. The van der Waals surface area contributed by atoms with E-state index in [9.17, 15) is 4.79 Å². The number of nitrogens with zero attached hydrogens (tertiary/aromatic N) is 1. The molecule has 2 aliphatic carbocycles. The van der Waals surface area contributed by atoms with Crippen molar-refractivity contribution in [3.63, 3.8) is 0 Å². The Morgan fingerprint density at radius 3 is 2.58 bits per heavy atom. The van der Waals surface area contributed by atoms with Gasteiger partial charge in [-0.3, -0.25) is 4.79 Å². The van der Waals surface area contributed by atoms with Crippen molar-refractivity contribution in [3.8, 4) is 0 Å². The molecule has 126 valence electrons. The first-order chi connectivity index (χ1) is 11.7. The van der Waals surface area contributed by atoms with Gasteiger partial charge in [-0.2, -0.15) is 0 Å². The van der Waals surface area contributed by atoms with Crippen LogP contribution in [0.15, 0.2) is 41.8 Å². The Hall–Kier alpha value is -1.81. The van der Waals surface area contributed by atoms with Gasteiger partial charge >= 0.3 is 0 Å². The Kier molecular flexibility index (Phi) is 4.31. The average molecular weight is 340 g/mol. The maximum absolute atomic E-state index is 12.9. The summed E-state index contributed by atoms with van der Waals surface area (Å²) in [7, 11) is 2.00. The largest absolute Gasteiger partial charge is 0.380 e. The van der Waals surface area contributed by atoms with Crippen molar-refractivity contribution in [2.45, 2.75) is 38.3 Å². The number of rotatable bonds is 7. The normalized spacial score (nSPS) is 17.1. The summed E-state index contributed by atoms with van der Waals surface area (Å²) in [5.74, 6) is 1.65. The van der Waals surface area contributed by atoms with E-state index in [4.69, 9.17) is 0 Å². The van der Waals surface area contributed by atoms with Gasteiger partial charge in [-0.25, -0.2) is 0 Å². The van der Waals surface area contributed by atoms with Crippen molar-refractivity contribution in [1.29, 1.82) is 0 Å². The second-order valence-corrected chi connectivity index (χ2v) is 8.13. The van der Waals surface area contributed by atoms with Crippen molar-refractivity contribution in [1.82, 2.24) is 4.90 Å². The molecular weight excluding hydrogens is 316 g/mol. The monoisotopic (exact) mass is 340 g/mol. The van der Waals surface area contributed by atoms with E-state index in [-0.39, 0.29) is 5.91 Å². The van der Waals surface area contributed by atoms with Gasteiger partial charge in [-0.1, -0.05) is 12.1 Å². The van der Waals surface area contributed by atoms with Crippen molar-refractivity contribution in [2.24, 2.45) is 11.8 Å². The van der Waals surface area contributed by atoms with Gasteiger partial charge in [0.05, 0.1) is 0 Å². The van der Waals surface area contributed by atoms with E-state index >= 15 is 0 Å². The molecule has 1 aromatic carbocycles. The van der Waals surface area contributed by atoms with Gasteiger partial charge in [-0.15, -0.1) is 11.3 Å². The fourth-order valence-corrected chi connectivity index (χ4v) is 4.24. The molecule has 2 aromatic rings. The molecule has 1 aromatic heterocycles. The number of amides is 1. The van der Waals surface area contributed by atoms with E-state index in [0.717, 1.165) is 29.6 Å². The highest BCUT2D eigenvalue weighted by molar-refractivity contribution is 7.09. The van der Waals surface area contributed by atoms with Gasteiger partial charge in [0.15, 0.2) is 0 Å². The third-order valence-electron chi connectivity index (χ3n) is 5.13. The van der Waals surface area contributed by atoms with Gasteiger partial charge < -0.3 is 10.2 Å². The molecule has 4 heteroatoms. The summed E-state index contributed by atoms with van der Waals surface area (Å²) in [5, 5.41) is 5.51.